The largest absolute Gasteiger partial charge is 0.463 e. The molecule has 1 aliphatic heterocycles. The molecular weight excluding hydrogens is 447 g/mol. The molecule has 3 heterocycles. The summed E-state index contributed by atoms with van der Waals surface area (Å²) in [6, 6.07) is 0. The summed E-state index contributed by atoms with van der Waals surface area (Å²) in [5.41, 5.74) is 4.28. The number of hydrogen-bond acceptors (Lipinski definition) is 10. The Morgan fingerprint density at radius 2 is 2.06 bits per heavy atom. The first-order chi connectivity index (χ1) is 16.2. The van der Waals surface area contributed by atoms with Gasteiger partial charge >= 0.3 is 11.9 Å². The molecule has 0 aromatic carbocycles. The molecule has 1 aliphatic carbocycles. The van der Waals surface area contributed by atoms with Gasteiger partial charge in [-0.15, -0.1) is 0 Å². The highest BCUT2D eigenvalue weighted by Crippen LogP contribution is 2.44. The molecule has 1 saturated heterocycles. The van der Waals surface area contributed by atoms with Gasteiger partial charge in [-0.3, -0.25) is 14.2 Å². The topological polar surface area (TPSA) is 143 Å². The lowest BCUT2D eigenvalue weighted by atomic mass is 9.87. The average molecular weight is 479 g/mol. The number of carbonyl (C=O) groups excluding carboxylic acids is 2. The van der Waals surface area contributed by atoms with Crippen molar-refractivity contribution in [2.24, 2.45) is 5.92 Å². The highest BCUT2D eigenvalue weighted by atomic mass is 19.1. The lowest BCUT2D eigenvalue weighted by Crippen LogP contribution is -2.44. The van der Waals surface area contributed by atoms with Crippen molar-refractivity contribution >= 4 is 34.9 Å². The third-order valence-corrected chi connectivity index (χ3v) is 6.50. The van der Waals surface area contributed by atoms with Crippen molar-refractivity contribution in [1.29, 1.82) is 0 Å². The molecule has 2 fully saturated rings. The standard InChI is InChI=1S/C22H31FN6O5/c1-12(30)32-10-14-17(34-15(31)9-13-7-5-4-6-8-13)22(2,23)20(33-14)29-11-26-16-18(25-3)27-21(24)28-19(16)29/h11,13-14,17,20H,4-10H2,1-3H3,(H3,24,25,27,28)/t14-,17-,20-,22-/m1/s1. The van der Waals surface area contributed by atoms with Crippen LogP contribution in [0.1, 0.15) is 58.6 Å². The number of halogens is 1. The van der Waals surface area contributed by atoms with Crippen LogP contribution in [0.25, 0.3) is 11.2 Å². The number of imidazole rings is 1. The van der Waals surface area contributed by atoms with Crippen molar-refractivity contribution in [3.05, 3.63) is 6.33 Å². The maximum Gasteiger partial charge on any atom is 0.306 e. The molecule has 0 bridgehead atoms. The second-order valence-corrected chi connectivity index (χ2v) is 9.10. The molecule has 3 N–H and O–H groups in total. The fourth-order valence-electron chi connectivity index (χ4n) is 4.82. The molecule has 0 unspecified atom stereocenters. The first-order valence-corrected chi connectivity index (χ1v) is 11.6. The number of carbonyl (C=O) groups is 2. The predicted molar refractivity (Wildman–Crippen MR) is 120 cm³/mol. The van der Waals surface area contributed by atoms with E-state index in [1.807, 2.05) is 0 Å². The number of fused-ring (bicyclic) bond motifs is 1. The molecule has 4 rings (SSSR count). The quantitative estimate of drug-likeness (QED) is 0.570. The van der Waals surface area contributed by atoms with Gasteiger partial charge in [0.05, 0.1) is 6.33 Å². The predicted octanol–water partition coefficient (Wildman–Crippen LogP) is 2.52. The highest BCUT2D eigenvalue weighted by Gasteiger charge is 2.58. The lowest BCUT2D eigenvalue weighted by molar-refractivity contribution is -0.162. The summed E-state index contributed by atoms with van der Waals surface area (Å²) in [5.74, 6) is -0.449. The Labute approximate surface area is 196 Å². The van der Waals surface area contributed by atoms with Crippen molar-refractivity contribution in [3.63, 3.8) is 0 Å². The molecule has 4 atom stereocenters. The average Bonchev–Trinajstić information content (AvgIpc) is 3.30. The van der Waals surface area contributed by atoms with Crippen LogP contribution in [0, 0.1) is 5.92 Å². The zero-order valence-corrected chi connectivity index (χ0v) is 19.6. The Bertz CT molecular complexity index is 1050. The van der Waals surface area contributed by atoms with E-state index in [1.54, 1.807) is 7.05 Å². The summed E-state index contributed by atoms with van der Waals surface area (Å²) in [7, 11) is 1.66. The van der Waals surface area contributed by atoms with Gasteiger partial charge in [-0.1, -0.05) is 19.3 Å². The molecule has 2 aliphatic rings. The molecule has 2 aromatic rings. The number of nitrogens with two attached hydrogens (primary N) is 1. The van der Waals surface area contributed by atoms with Crippen LogP contribution in [0.4, 0.5) is 16.2 Å². The number of anilines is 2. The van der Waals surface area contributed by atoms with Crippen LogP contribution in [0.15, 0.2) is 6.33 Å². The van der Waals surface area contributed by atoms with Crippen LogP contribution in [0.5, 0.6) is 0 Å². The molecule has 12 heteroatoms. The third-order valence-electron chi connectivity index (χ3n) is 6.50. The molecule has 2 aromatic heterocycles. The van der Waals surface area contributed by atoms with Crippen LogP contribution in [0.2, 0.25) is 0 Å². The number of ether oxygens (including phenoxy) is 3. The zero-order valence-electron chi connectivity index (χ0n) is 19.6. The summed E-state index contributed by atoms with van der Waals surface area (Å²) < 4.78 is 34.4. The number of esters is 2. The van der Waals surface area contributed by atoms with Gasteiger partial charge in [-0.05, 0) is 25.7 Å². The van der Waals surface area contributed by atoms with E-state index in [1.165, 1.54) is 31.2 Å². The first-order valence-electron chi connectivity index (χ1n) is 11.6. The van der Waals surface area contributed by atoms with Gasteiger partial charge in [0.1, 0.15) is 12.7 Å². The Hall–Kier alpha value is -3.02. The van der Waals surface area contributed by atoms with Crippen molar-refractivity contribution < 1.29 is 28.2 Å². The highest BCUT2D eigenvalue weighted by molar-refractivity contribution is 5.84. The van der Waals surface area contributed by atoms with Gasteiger partial charge in [0.2, 0.25) is 5.95 Å². The lowest BCUT2D eigenvalue weighted by Gasteiger charge is -2.28. The van der Waals surface area contributed by atoms with Gasteiger partial charge < -0.3 is 25.3 Å². The number of nitrogens with zero attached hydrogens (tertiary/aromatic N) is 4. The minimum absolute atomic E-state index is 0.0240. The molecular formula is C22H31FN6O5. The Morgan fingerprint density at radius 1 is 1.32 bits per heavy atom. The zero-order chi connectivity index (χ0) is 24.5. The number of aromatic nitrogens is 4. The minimum Gasteiger partial charge on any atom is -0.463 e. The molecule has 186 valence electrons. The summed E-state index contributed by atoms with van der Waals surface area (Å²) in [6.07, 6.45) is 3.26. The monoisotopic (exact) mass is 478 g/mol. The number of nitrogens with one attached hydrogen (secondary N) is 1. The number of nitrogen functional groups attached to an aromatic ring is 1. The van der Waals surface area contributed by atoms with E-state index in [-0.39, 0.29) is 30.5 Å². The van der Waals surface area contributed by atoms with E-state index in [4.69, 9.17) is 19.9 Å². The maximum absolute atomic E-state index is 16.3. The Kier molecular flexibility index (Phi) is 6.87. The van der Waals surface area contributed by atoms with Crippen LogP contribution in [-0.2, 0) is 23.8 Å². The maximum atomic E-state index is 16.3. The normalized spacial score (nSPS) is 27.6. The summed E-state index contributed by atoms with van der Waals surface area (Å²) in [6.45, 7) is 2.27. The minimum atomic E-state index is -2.18. The first kappa shape index (κ1) is 24.1. The number of hydrogen-bond donors (Lipinski definition) is 2. The molecule has 11 nitrogen and oxygen atoms in total. The van der Waals surface area contributed by atoms with E-state index in [0.717, 1.165) is 25.7 Å². The van der Waals surface area contributed by atoms with Crippen molar-refractivity contribution in [1.82, 2.24) is 19.5 Å². The molecule has 0 amide bonds. The van der Waals surface area contributed by atoms with Gasteiger partial charge in [0.25, 0.3) is 0 Å². The van der Waals surface area contributed by atoms with Gasteiger partial charge in [0, 0.05) is 20.4 Å². The van der Waals surface area contributed by atoms with Crippen molar-refractivity contribution in [2.45, 2.75) is 76.5 Å². The van der Waals surface area contributed by atoms with E-state index in [0.29, 0.717) is 11.3 Å². The Morgan fingerprint density at radius 3 is 2.74 bits per heavy atom. The van der Waals surface area contributed by atoms with Crippen molar-refractivity contribution in [2.75, 3.05) is 24.7 Å². The van der Waals surface area contributed by atoms with Gasteiger partial charge in [0.15, 0.2) is 35.0 Å². The summed E-state index contributed by atoms with van der Waals surface area (Å²) in [5, 5.41) is 2.88. The second kappa shape index (κ2) is 9.69. The smallest absolute Gasteiger partial charge is 0.306 e. The SMILES string of the molecule is CNc1nc(N)nc2c1ncn2[C@@H]1O[C@H](COC(C)=O)[C@@H](OC(=O)CC2CCCCC2)[C@@]1(C)F. The molecule has 0 spiro atoms. The summed E-state index contributed by atoms with van der Waals surface area (Å²) in [4.78, 5) is 36.7. The number of rotatable bonds is 7. The van der Waals surface area contributed by atoms with Crippen LogP contribution >= 0.6 is 0 Å². The Balaban J connectivity index is 1.61. The third kappa shape index (κ3) is 4.77. The van der Waals surface area contributed by atoms with E-state index < -0.39 is 36.0 Å². The fourth-order valence-corrected chi connectivity index (χ4v) is 4.82. The molecule has 34 heavy (non-hydrogen) atoms. The number of alkyl halides is 1. The van der Waals surface area contributed by atoms with Gasteiger partial charge in [-0.2, -0.15) is 9.97 Å². The molecule has 0 radical (unpaired) electrons. The second-order valence-electron chi connectivity index (χ2n) is 9.10. The van der Waals surface area contributed by atoms with Crippen LogP contribution in [0.3, 0.4) is 0 Å². The molecule has 1 saturated carbocycles. The van der Waals surface area contributed by atoms with Gasteiger partial charge in [-0.25, -0.2) is 9.37 Å². The van der Waals surface area contributed by atoms with E-state index in [2.05, 4.69) is 20.3 Å². The van der Waals surface area contributed by atoms with Crippen LogP contribution in [-0.4, -0.2) is 63.0 Å². The van der Waals surface area contributed by atoms with E-state index >= 15 is 4.39 Å². The summed E-state index contributed by atoms with van der Waals surface area (Å²) >= 11 is 0. The fraction of sp³-hybridized carbons (Fsp3) is 0.682. The van der Waals surface area contributed by atoms with Crippen LogP contribution < -0.4 is 11.1 Å². The van der Waals surface area contributed by atoms with Crippen molar-refractivity contribution in [3.8, 4) is 0 Å². The van der Waals surface area contributed by atoms with E-state index in [9.17, 15) is 9.59 Å².